The zero-order valence-electron chi connectivity index (χ0n) is 11.4. The van der Waals surface area contributed by atoms with Gasteiger partial charge in [-0.3, -0.25) is 4.79 Å². The number of carbonyl (C=O) groups excluding carboxylic acids is 1. The first-order valence-electron chi connectivity index (χ1n) is 7.11. The number of fused-ring (bicyclic) bond motifs is 1. The smallest absolute Gasteiger partial charge is 0.291 e. The minimum absolute atomic E-state index is 0.278. The predicted octanol–water partition coefficient (Wildman–Crippen LogP) is 3.57. The van der Waals surface area contributed by atoms with Crippen molar-refractivity contribution in [2.45, 2.75) is 31.5 Å². The molecule has 1 spiro atoms. The summed E-state index contributed by atoms with van der Waals surface area (Å²) >= 11 is 0. The molecular formula is C16H15NO4. The summed E-state index contributed by atoms with van der Waals surface area (Å²) in [6.45, 7) is 0. The van der Waals surface area contributed by atoms with E-state index in [1.165, 1.54) is 6.26 Å². The molecule has 0 unspecified atom stereocenters. The van der Waals surface area contributed by atoms with Gasteiger partial charge in [0.2, 0.25) is 0 Å². The molecule has 4 rings (SSSR count). The van der Waals surface area contributed by atoms with Crippen LogP contribution in [0.15, 0.2) is 41.0 Å². The maximum atomic E-state index is 11.9. The van der Waals surface area contributed by atoms with Crippen LogP contribution in [0.5, 0.6) is 11.5 Å². The Labute approximate surface area is 121 Å². The Balaban J connectivity index is 1.53. The second-order valence-corrected chi connectivity index (χ2v) is 5.41. The van der Waals surface area contributed by atoms with E-state index >= 15 is 0 Å². The lowest BCUT2D eigenvalue weighted by Crippen LogP contribution is -2.34. The van der Waals surface area contributed by atoms with Crippen LogP contribution in [0, 0.1) is 0 Å². The molecule has 1 amide bonds. The van der Waals surface area contributed by atoms with Crippen LogP contribution < -0.4 is 14.8 Å². The lowest BCUT2D eigenvalue weighted by atomic mass is 10.2. The largest absolute Gasteiger partial charge is 0.459 e. The summed E-state index contributed by atoms with van der Waals surface area (Å²) in [5, 5.41) is 2.78. The number of furan rings is 1. The molecule has 1 aromatic heterocycles. The van der Waals surface area contributed by atoms with Gasteiger partial charge in [-0.1, -0.05) is 0 Å². The number of carbonyl (C=O) groups is 1. The Kier molecular flexibility index (Phi) is 2.67. The minimum Gasteiger partial charge on any atom is -0.459 e. The highest BCUT2D eigenvalue weighted by Gasteiger charge is 2.44. The van der Waals surface area contributed by atoms with Gasteiger partial charge >= 0.3 is 0 Å². The maximum Gasteiger partial charge on any atom is 0.291 e. The quantitative estimate of drug-likeness (QED) is 0.916. The monoisotopic (exact) mass is 285 g/mol. The third-order valence-corrected chi connectivity index (χ3v) is 3.90. The topological polar surface area (TPSA) is 60.7 Å². The fourth-order valence-corrected chi connectivity index (χ4v) is 2.89. The van der Waals surface area contributed by atoms with E-state index in [4.69, 9.17) is 13.9 Å². The number of rotatable bonds is 2. The Morgan fingerprint density at radius 3 is 2.67 bits per heavy atom. The molecule has 0 radical (unpaired) electrons. The van der Waals surface area contributed by atoms with Gasteiger partial charge in [0, 0.05) is 24.6 Å². The standard InChI is InChI=1S/C16H15NO4/c18-15(13-4-3-9-19-13)17-11-5-6-12-14(10-11)21-16(20-12)7-1-2-8-16/h3-6,9-10H,1-2,7-8H2,(H,17,18). The highest BCUT2D eigenvalue weighted by molar-refractivity contribution is 6.02. The van der Waals surface area contributed by atoms with Crippen LogP contribution in [0.3, 0.4) is 0 Å². The average molecular weight is 285 g/mol. The van der Waals surface area contributed by atoms with Crippen molar-refractivity contribution in [1.29, 1.82) is 0 Å². The SMILES string of the molecule is O=C(Nc1ccc2c(c1)OC1(CCCC1)O2)c1ccco1. The third-order valence-electron chi connectivity index (χ3n) is 3.90. The first-order chi connectivity index (χ1) is 10.2. The summed E-state index contributed by atoms with van der Waals surface area (Å²) in [6, 6.07) is 8.73. The first-order valence-corrected chi connectivity index (χ1v) is 7.11. The van der Waals surface area contributed by atoms with Gasteiger partial charge in [0.05, 0.1) is 6.26 Å². The van der Waals surface area contributed by atoms with E-state index in [2.05, 4.69) is 5.32 Å². The van der Waals surface area contributed by atoms with E-state index in [0.29, 0.717) is 11.4 Å². The van der Waals surface area contributed by atoms with Crippen molar-refractivity contribution in [3.8, 4) is 11.5 Å². The summed E-state index contributed by atoms with van der Waals surface area (Å²) in [4.78, 5) is 11.9. The first kappa shape index (κ1) is 12.3. The third kappa shape index (κ3) is 2.14. The fraction of sp³-hybridized carbons (Fsp3) is 0.312. The fourth-order valence-electron chi connectivity index (χ4n) is 2.89. The van der Waals surface area contributed by atoms with E-state index in [1.807, 2.05) is 6.07 Å². The van der Waals surface area contributed by atoms with Crippen LogP contribution in [0.4, 0.5) is 5.69 Å². The van der Waals surface area contributed by atoms with Gasteiger partial charge in [-0.2, -0.15) is 0 Å². The van der Waals surface area contributed by atoms with Crippen molar-refractivity contribution in [2.75, 3.05) is 5.32 Å². The van der Waals surface area contributed by atoms with Crippen molar-refractivity contribution in [2.24, 2.45) is 0 Å². The van der Waals surface area contributed by atoms with E-state index in [9.17, 15) is 4.79 Å². The predicted molar refractivity (Wildman–Crippen MR) is 75.6 cm³/mol. The molecule has 2 aromatic rings. The second-order valence-electron chi connectivity index (χ2n) is 5.41. The second kappa shape index (κ2) is 4.55. The van der Waals surface area contributed by atoms with Crippen LogP contribution in [-0.2, 0) is 0 Å². The van der Waals surface area contributed by atoms with Gasteiger partial charge in [-0.05, 0) is 37.1 Å². The number of benzene rings is 1. The van der Waals surface area contributed by atoms with Crippen LogP contribution in [0.25, 0.3) is 0 Å². The zero-order chi connectivity index (χ0) is 14.3. The lowest BCUT2D eigenvalue weighted by molar-refractivity contribution is -0.0716. The van der Waals surface area contributed by atoms with Crippen molar-refractivity contribution in [1.82, 2.24) is 0 Å². The molecule has 1 saturated carbocycles. The molecule has 1 aliphatic carbocycles. The van der Waals surface area contributed by atoms with Gasteiger partial charge in [0.25, 0.3) is 11.7 Å². The average Bonchev–Trinajstić information content (AvgIpc) is 3.19. The molecule has 21 heavy (non-hydrogen) atoms. The summed E-state index contributed by atoms with van der Waals surface area (Å²) in [6.07, 6.45) is 5.54. The summed E-state index contributed by atoms with van der Waals surface area (Å²) in [7, 11) is 0. The molecule has 1 N–H and O–H groups in total. The molecular weight excluding hydrogens is 270 g/mol. The number of amides is 1. The minimum atomic E-state index is -0.480. The summed E-state index contributed by atoms with van der Waals surface area (Å²) in [5.74, 6) is 0.947. The normalized spacial score (nSPS) is 18.1. The van der Waals surface area contributed by atoms with E-state index in [0.717, 1.165) is 31.4 Å². The van der Waals surface area contributed by atoms with Gasteiger partial charge < -0.3 is 19.2 Å². The van der Waals surface area contributed by atoms with Gasteiger partial charge in [0.1, 0.15) is 0 Å². The Bertz CT molecular complexity index is 672. The molecule has 1 aromatic carbocycles. The number of anilines is 1. The molecule has 2 aliphatic rings. The number of hydrogen-bond acceptors (Lipinski definition) is 4. The number of hydrogen-bond donors (Lipinski definition) is 1. The Hall–Kier alpha value is -2.43. The molecule has 5 heteroatoms. The summed E-state index contributed by atoms with van der Waals surface area (Å²) in [5.41, 5.74) is 0.661. The molecule has 1 aliphatic heterocycles. The van der Waals surface area contributed by atoms with Crippen molar-refractivity contribution >= 4 is 11.6 Å². The molecule has 1 fully saturated rings. The molecule has 0 atom stereocenters. The van der Waals surface area contributed by atoms with E-state index < -0.39 is 5.79 Å². The van der Waals surface area contributed by atoms with Crippen molar-refractivity contribution in [3.05, 3.63) is 42.4 Å². The van der Waals surface area contributed by atoms with Crippen LogP contribution in [0.2, 0.25) is 0 Å². The molecule has 0 bridgehead atoms. The Morgan fingerprint density at radius 2 is 1.90 bits per heavy atom. The van der Waals surface area contributed by atoms with Gasteiger partial charge in [0.15, 0.2) is 17.3 Å². The zero-order valence-corrected chi connectivity index (χ0v) is 11.4. The maximum absolute atomic E-state index is 11.9. The molecule has 5 nitrogen and oxygen atoms in total. The number of ether oxygens (including phenoxy) is 2. The molecule has 0 saturated heterocycles. The van der Waals surface area contributed by atoms with E-state index in [-0.39, 0.29) is 11.7 Å². The van der Waals surface area contributed by atoms with Crippen LogP contribution in [-0.4, -0.2) is 11.7 Å². The highest BCUT2D eigenvalue weighted by atomic mass is 16.7. The highest BCUT2D eigenvalue weighted by Crippen LogP contribution is 2.47. The lowest BCUT2D eigenvalue weighted by Gasteiger charge is -2.21. The Morgan fingerprint density at radius 1 is 1.10 bits per heavy atom. The van der Waals surface area contributed by atoms with Crippen molar-refractivity contribution < 1.29 is 18.7 Å². The van der Waals surface area contributed by atoms with Crippen molar-refractivity contribution in [3.63, 3.8) is 0 Å². The van der Waals surface area contributed by atoms with Crippen LogP contribution >= 0.6 is 0 Å². The van der Waals surface area contributed by atoms with Gasteiger partial charge in [-0.25, -0.2) is 0 Å². The molecule has 108 valence electrons. The van der Waals surface area contributed by atoms with Crippen LogP contribution in [0.1, 0.15) is 36.2 Å². The van der Waals surface area contributed by atoms with Gasteiger partial charge in [-0.15, -0.1) is 0 Å². The number of nitrogens with one attached hydrogen (secondary N) is 1. The summed E-state index contributed by atoms with van der Waals surface area (Å²) < 4.78 is 17.0. The molecule has 2 heterocycles. The van der Waals surface area contributed by atoms with E-state index in [1.54, 1.807) is 24.3 Å².